The highest BCUT2D eigenvalue weighted by Crippen LogP contribution is 2.32. The lowest BCUT2D eigenvalue weighted by Crippen LogP contribution is -1.83. The lowest BCUT2D eigenvalue weighted by atomic mass is 10.1. The zero-order valence-corrected chi connectivity index (χ0v) is 9.21. The second kappa shape index (κ2) is 3.27. The quantitative estimate of drug-likeness (QED) is 0.675. The standard InChI is InChI=1S/C10H9BrS/c1-12-10-6-8-4-2-3-7(8)5-9(10)11/h2,4-6H,3H2,1H3. The number of hydrogen-bond donors (Lipinski definition) is 0. The van der Waals surface area contributed by atoms with Gasteiger partial charge < -0.3 is 0 Å². The molecule has 62 valence electrons. The molecule has 12 heavy (non-hydrogen) atoms. The van der Waals surface area contributed by atoms with Crippen LogP contribution in [0.1, 0.15) is 11.1 Å². The van der Waals surface area contributed by atoms with Crippen LogP contribution in [0, 0.1) is 0 Å². The summed E-state index contributed by atoms with van der Waals surface area (Å²) in [7, 11) is 0. The second-order valence-corrected chi connectivity index (χ2v) is 4.49. The topological polar surface area (TPSA) is 0 Å². The van der Waals surface area contributed by atoms with Crippen LogP contribution in [0.4, 0.5) is 0 Å². The average Bonchev–Trinajstić information content (AvgIpc) is 2.49. The van der Waals surface area contributed by atoms with Gasteiger partial charge in [0.2, 0.25) is 0 Å². The molecule has 0 saturated heterocycles. The Morgan fingerprint density at radius 1 is 1.42 bits per heavy atom. The Balaban J connectivity index is 2.55. The van der Waals surface area contributed by atoms with Gasteiger partial charge in [-0.25, -0.2) is 0 Å². The molecule has 0 unspecified atom stereocenters. The van der Waals surface area contributed by atoms with Gasteiger partial charge in [-0.3, -0.25) is 0 Å². The Kier molecular flexibility index (Phi) is 2.28. The van der Waals surface area contributed by atoms with Crippen molar-refractivity contribution in [3.8, 4) is 0 Å². The molecule has 0 bridgehead atoms. The SMILES string of the molecule is CSc1cc2c(cc1Br)CC=C2. The van der Waals surface area contributed by atoms with E-state index in [1.54, 1.807) is 11.8 Å². The molecule has 2 heteroatoms. The smallest absolute Gasteiger partial charge is 0.0314 e. The minimum Gasteiger partial charge on any atom is -0.128 e. The highest BCUT2D eigenvalue weighted by Gasteiger charge is 2.08. The van der Waals surface area contributed by atoms with Gasteiger partial charge in [-0.2, -0.15) is 0 Å². The maximum absolute atomic E-state index is 3.56. The molecule has 0 radical (unpaired) electrons. The van der Waals surface area contributed by atoms with Gasteiger partial charge in [-0.1, -0.05) is 12.2 Å². The molecule has 1 aromatic carbocycles. The number of hydrogen-bond acceptors (Lipinski definition) is 1. The third kappa shape index (κ3) is 1.34. The van der Waals surface area contributed by atoms with E-state index in [0.717, 1.165) is 6.42 Å². The van der Waals surface area contributed by atoms with Gasteiger partial charge in [-0.15, -0.1) is 11.8 Å². The molecule has 0 aromatic heterocycles. The molecular weight excluding hydrogens is 232 g/mol. The summed E-state index contributed by atoms with van der Waals surface area (Å²) in [6, 6.07) is 4.47. The Morgan fingerprint density at radius 2 is 2.25 bits per heavy atom. The highest BCUT2D eigenvalue weighted by molar-refractivity contribution is 9.10. The molecule has 0 spiro atoms. The molecule has 1 aliphatic rings. The third-order valence-electron chi connectivity index (χ3n) is 2.05. The largest absolute Gasteiger partial charge is 0.128 e. The summed E-state index contributed by atoms with van der Waals surface area (Å²) in [5.74, 6) is 0. The number of thioether (sulfide) groups is 1. The lowest BCUT2D eigenvalue weighted by Gasteiger charge is -2.04. The van der Waals surface area contributed by atoms with Gasteiger partial charge in [0.05, 0.1) is 0 Å². The van der Waals surface area contributed by atoms with E-state index in [9.17, 15) is 0 Å². The van der Waals surface area contributed by atoms with E-state index in [1.807, 2.05) is 0 Å². The van der Waals surface area contributed by atoms with Gasteiger partial charge in [0, 0.05) is 9.37 Å². The summed E-state index contributed by atoms with van der Waals surface area (Å²) in [5.41, 5.74) is 2.81. The summed E-state index contributed by atoms with van der Waals surface area (Å²) < 4.78 is 1.22. The van der Waals surface area contributed by atoms with E-state index < -0.39 is 0 Å². The number of halogens is 1. The van der Waals surface area contributed by atoms with Crippen molar-refractivity contribution in [3.63, 3.8) is 0 Å². The molecule has 0 aliphatic heterocycles. The summed E-state index contributed by atoms with van der Waals surface area (Å²) in [5, 5.41) is 0. The van der Waals surface area contributed by atoms with E-state index in [0.29, 0.717) is 0 Å². The zero-order valence-electron chi connectivity index (χ0n) is 6.80. The van der Waals surface area contributed by atoms with Gasteiger partial charge >= 0.3 is 0 Å². The fourth-order valence-electron chi connectivity index (χ4n) is 1.41. The molecule has 0 amide bonds. The van der Waals surface area contributed by atoms with E-state index in [2.05, 4.69) is 46.5 Å². The first kappa shape index (κ1) is 8.39. The number of benzene rings is 1. The molecule has 0 fully saturated rings. The van der Waals surface area contributed by atoms with Crippen molar-refractivity contribution in [2.45, 2.75) is 11.3 Å². The second-order valence-electron chi connectivity index (χ2n) is 2.79. The van der Waals surface area contributed by atoms with Crippen LogP contribution in [-0.2, 0) is 6.42 Å². The molecule has 0 atom stereocenters. The van der Waals surface area contributed by atoms with E-state index in [-0.39, 0.29) is 0 Å². The van der Waals surface area contributed by atoms with Gasteiger partial charge in [0.15, 0.2) is 0 Å². The van der Waals surface area contributed by atoms with Crippen LogP contribution < -0.4 is 0 Å². The normalized spacial score (nSPS) is 13.5. The fraction of sp³-hybridized carbons (Fsp3) is 0.200. The Hall–Kier alpha value is -0.210. The van der Waals surface area contributed by atoms with Crippen molar-refractivity contribution in [2.24, 2.45) is 0 Å². The number of fused-ring (bicyclic) bond motifs is 1. The van der Waals surface area contributed by atoms with Crippen LogP contribution in [0.3, 0.4) is 0 Å². The zero-order chi connectivity index (χ0) is 8.55. The fourth-order valence-corrected chi connectivity index (χ4v) is 2.79. The molecule has 1 aliphatic carbocycles. The van der Waals surface area contributed by atoms with Crippen molar-refractivity contribution in [1.29, 1.82) is 0 Å². The lowest BCUT2D eigenvalue weighted by molar-refractivity contribution is 1.26. The third-order valence-corrected chi connectivity index (χ3v) is 3.74. The van der Waals surface area contributed by atoms with Crippen LogP contribution >= 0.6 is 27.7 Å². The Morgan fingerprint density at radius 3 is 3.00 bits per heavy atom. The van der Waals surface area contributed by atoms with Crippen LogP contribution in [0.15, 0.2) is 27.6 Å². The van der Waals surface area contributed by atoms with Crippen LogP contribution in [-0.4, -0.2) is 6.26 Å². The van der Waals surface area contributed by atoms with Crippen molar-refractivity contribution in [2.75, 3.05) is 6.26 Å². The maximum Gasteiger partial charge on any atom is 0.0314 e. The van der Waals surface area contributed by atoms with E-state index in [1.165, 1.54) is 20.5 Å². The first-order chi connectivity index (χ1) is 5.81. The Bertz CT molecular complexity index is 342. The van der Waals surface area contributed by atoms with Crippen molar-refractivity contribution in [1.82, 2.24) is 0 Å². The summed E-state index contributed by atoms with van der Waals surface area (Å²) in [6.45, 7) is 0. The highest BCUT2D eigenvalue weighted by atomic mass is 79.9. The Labute approximate surface area is 85.2 Å². The summed E-state index contributed by atoms with van der Waals surface area (Å²) >= 11 is 5.34. The van der Waals surface area contributed by atoms with Crippen LogP contribution in [0.25, 0.3) is 6.08 Å². The van der Waals surface area contributed by atoms with Crippen molar-refractivity contribution in [3.05, 3.63) is 33.8 Å². The molecule has 0 nitrogen and oxygen atoms in total. The summed E-state index contributed by atoms with van der Waals surface area (Å²) in [4.78, 5) is 1.32. The number of rotatable bonds is 1. The van der Waals surface area contributed by atoms with Gasteiger partial charge in [0.1, 0.15) is 0 Å². The van der Waals surface area contributed by atoms with Crippen LogP contribution in [0.5, 0.6) is 0 Å². The molecule has 0 heterocycles. The van der Waals surface area contributed by atoms with Crippen LogP contribution in [0.2, 0.25) is 0 Å². The van der Waals surface area contributed by atoms with Crippen molar-refractivity contribution >= 4 is 33.8 Å². The predicted molar refractivity (Wildman–Crippen MR) is 58.7 cm³/mol. The number of allylic oxidation sites excluding steroid dienone is 1. The first-order valence-corrected chi connectivity index (χ1v) is 5.86. The van der Waals surface area contributed by atoms with Gasteiger partial charge in [-0.05, 0) is 51.9 Å². The average molecular weight is 241 g/mol. The minimum absolute atomic E-state index is 1.09. The minimum atomic E-state index is 1.09. The molecule has 1 aromatic rings. The molecule has 0 N–H and O–H groups in total. The maximum atomic E-state index is 3.56. The predicted octanol–water partition coefficient (Wildman–Crippen LogP) is 3.74. The summed E-state index contributed by atoms with van der Waals surface area (Å²) in [6.07, 6.45) is 7.59. The molecule has 2 rings (SSSR count). The first-order valence-electron chi connectivity index (χ1n) is 3.84. The van der Waals surface area contributed by atoms with Gasteiger partial charge in [0.25, 0.3) is 0 Å². The monoisotopic (exact) mass is 240 g/mol. The molecular formula is C10H9BrS. The molecule has 0 saturated carbocycles. The van der Waals surface area contributed by atoms with E-state index in [4.69, 9.17) is 0 Å². The van der Waals surface area contributed by atoms with Crippen molar-refractivity contribution < 1.29 is 0 Å². The van der Waals surface area contributed by atoms with E-state index >= 15 is 0 Å².